The van der Waals surface area contributed by atoms with E-state index in [-0.39, 0.29) is 23.5 Å². The number of nitrogens with two attached hydrogens (primary N) is 1. The lowest BCUT2D eigenvalue weighted by Crippen LogP contribution is -2.01. The number of carbonyl (C=O) groups excluding carboxylic acids is 1. The molecule has 2 aromatic rings. The molecule has 0 atom stereocenters. The van der Waals surface area contributed by atoms with Crippen molar-refractivity contribution in [2.75, 3.05) is 0 Å². The van der Waals surface area contributed by atoms with Crippen molar-refractivity contribution >= 4 is 28.9 Å². The van der Waals surface area contributed by atoms with Gasteiger partial charge in [0.05, 0.1) is 4.91 Å². The first kappa shape index (κ1) is 15.3. The topological polar surface area (TPSA) is 64.7 Å². The van der Waals surface area contributed by atoms with Gasteiger partial charge in [0.1, 0.15) is 18.2 Å². The molecular weight excluding hydrogens is 315 g/mol. The molecule has 0 unspecified atom stereocenters. The van der Waals surface area contributed by atoms with E-state index >= 15 is 0 Å². The highest BCUT2D eigenvalue weighted by atomic mass is 32.2. The molecule has 0 spiro atoms. The number of aliphatic imine (C=N–C) groups is 1. The van der Waals surface area contributed by atoms with E-state index in [1.54, 1.807) is 36.4 Å². The monoisotopic (exact) mass is 328 g/mol. The van der Waals surface area contributed by atoms with E-state index in [4.69, 9.17) is 10.5 Å². The Morgan fingerprint density at radius 2 is 1.91 bits per heavy atom. The zero-order valence-electron chi connectivity index (χ0n) is 12.0. The van der Waals surface area contributed by atoms with Gasteiger partial charge in [0, 0.05) is 5.56 Å². The van der Waals surface area contributed by atoms with Crippen LogP contribution in [0.5, 0.6) is 5.75 Å². The van der Waals surface area contributed by atoms with Gasteiger partial charge in [-0.3, -0.25) is 4.79 Å². The van der Waals surface area contributed by atoms with Crippen LogP contribution in [-0.2, 0) is 11.4 Å². The third-order valence-corrected chi connectivity index (χ3v) is 3.98. The van der Waals surface area contributed by atoms with E-state index in [2.05, 4.69) is 4.99 Å². The fourth-order valence-corrected chi connectivity index (χ4v) is 2.70. The van der Waals surface area contributed by atoms with Gasteiger partial charge in [0.2, 0.25) is 0 Å². The predicted molar refractivity (Wildman–Crippen MR) is 89.4 cm³/mol. The summed E-state index contributed by atoms with van der Waals surface area (Å²) in [7, 11) is 0. The highest BCUT2D eigenvalue weighted by Crippen LogP contribution is 2.27. The van der Waals surface area contributed by atoms with Gasteiger partial charge in [-0.05, 0) is 41.6 Å². The molecule has 0 aliphatic carbocycles. The minimum atomic E-state index is -0.327. The average molecular weight is 328 g/mol. The maximum atomic E-state index is 13.5. The van der Waals surface area contributed by atoms with Crippen LogP contribution in [0, 0.1) is 5.82 Å². The summed E-state index contributed by atoms with van der Waals surface area (Å²) in [6, 6.07) is 13.6. The Morgan fingerprint density at radius 1 is 1.17 bits per heavy atom. The van der Waals surface area contributed by atoms with E-state index in [9.17, 15) is 9.18 Å². The zero-order valence-corrected chi connectivity index (χ0v) is 12.8. The predicted octanol–water partition coefficient (Wildman–Crippen LogP) is 3.33. The van der Waals surface area contributed by atoms with Crippen LogP contribution in [0.3, 0.4) is 0 Å². The number of carbonyl (C=O) groups is 1. The van der Waals surface area contributed by atoms with E-state index in [1.807, 2.05) is 12.1 Å². The Labute approximate surface area is 136 Å². The van der Waals surface area contributed by atoms with E-state index in [0.717, 1.165) is 17.3 Å². The van der Waals surface area contributed by atoms with Gasteiger partial charge in [0.25, 0.3) is 5.91 Å². The van der Waals surface area contributed by atoms with Crippen molar-refractivity contribution in [2.45, 2.75) is 6.61 Å². The van der Waals surface area contributed by atoms with Gasteiger partial charge in [-0.15, -0.1) is 0 Å². The number of benzene rings is 2. The van der Waals surface area contributed by atoms with E-state index in [1.165, 1.54) is 6.07 Å². The maximum absolute atomic E-state index is 13.5. The van der Waals surface area contributed by atoms with Crippen molar-refractivity contribution in [3.05, 3.63) is 70.4 Å². The zero-order chi connectivity index (χ0) is 16.2. The second-order valence-electron chi connectivity index (χ2n) is 4.81. The molecule has 1 aliphatic heterocycles. The van der Waals surface area contributed by atoms with Gasteiger partial charge < -0.3 is 10.5 Å². The molecule has 6 heteroatoms. The highest BCUT2D eigenvalue weighted by Gasteiger charge is 2.19. The molecule has 2 N–H and O–H groups in total. The molecule has 0 fully saturated rings. The Balaban J connectivity index is 1.65. The summed E-state index contributed by atoms with van der Waals surface area (Å²) < 4.78 is 19.1. The molecule has 1 aliphatic rings. The summed E-state index contributed by atoms with van der Waals surface area (Å²) in [6.07, 6.45) is 1.72. The van der Waals surface area contributed by atoms with Gasteiger partial charge in [-0.25, -0.2) is 4.39 Å². The SMILES string of the molecule is NC1=NC(=O)/C(=C\c2ccc(OCc3ccccc3F)cc2)S1. The van der Waals surface area contributed by atoms with Crippen LogP contribution in [0.25, 0.3) is 6.08 Å². The van der Waals surface area contributed by atoms with Gasteiger partial charge in [-0.1, -0.05) is 30.3 Å². The van der Waals surface area contributed by atoms with Crippen molar-refractivity contribution < 1.29 is 13.9 Å². The Bertz CT molecular complexity index is 800. The van der Waals surface area contributed by atoms with Crippen LogP contribution in [0.2, 0.25) is 0 Å². The first-order chi connectivity index (χ1) is 11.1. The Hall–Kier alpha value is -2.60. The molecule has 0 bridgehead atoms. The molecule has 3 rings (SSSR count). The summed E-state index contributed by atoms with van der Waals surface area (Å²) in [5.41, 5.74) is 6.84. The van der Waals surface area contributed by atoms with Crippen LogP contribution in [0.1, 0.15) is 11.1 Å². The minimum Gasteiger partial charge on any atom is -0.489 e. The number of halogens is 1. The lowest BCUT2D eigenvalue weighted by Gasteiger charge is -2.07. The van der Waals surface area contributed by atoms with Crippen LogP contribution >= 0.6 is 11.8 Å². The average Bonchev–Trinajstić information content (AvgIpc) is 2.85. The molecule has 0 aromatic heterocycles. The standard InChI is InChI=1S/C17H13FN2O2S/c18-14-4-2-1-3-12(14)10-22-13-7-5-11(6-8-13)9-15-16(21)20-17(19)23-15/h1-9H,10H2,(H2,19,20,21)/b15-9+. The third kappa shape index (κ3) is 3.78. The van der Waals surface area contributed by atoms with Gasteiger partial charge in [0.15, 0.2) is 5.17 Å². The number of hydrogen-bond acceptors (Lipinski definition) is 4. The lowest BCUT2D eigenvalue weighted by molar-refractivity contribution is -0.113. The van der Waals surface area contributed by atoms with Crippen LogP contribution in [0.4, 0.5) is 4.39 Å². The van der Waals surface area contributed by atoms with Crippen molar-refractivity contribution in [3.63, 3.8) is 0 Å². The second kappa shape index (κ2) is 6.66. The maximum Gasteiger partial charge on any atom is 0.286 e. The van der Waals surface area contributed by atoms with Crippen molar-refractivity contribution in [3.8, 4) is 5.75 Å². The normalized spacial score (nSPS) is 15.8. The number of amidine groups is 1. The first-order valence-corrected chi connectivity index (χ1v) is 7.68. The second-order valence-corrected chi connectivity index (χ2v) is 5.88. The summed E-state index contributed by atoms with van der Waals surface area (Å²) in [6.45, 7) is 0.159. The van der Waals surface area contributed by atoms with Gasteiger partial charge in [-0.2, -0.15) is 4.99 Å². The molecule has 23 heavy (non-hydrogen) atoms. The summed E-state index contributed by atoms with van der Waals surface area (Å²) in [5, 5.41) is 0.256. The largest absolute Gasteiger partial charge is 0.489 e. The Morgan fingerprint density at radius 3 is 2.57 bits per heavy atom. The number of amides is 1. The van der Waals surface area contributed by atoms with Crippen LogP contribution in [-0.4, -0.2) is 11.1 Å². The molecule has 0 radical (unpaired) electrons. The molecular formula is C17H13FN2O2S. The number of ether oxygens (including phenoxy) is 1. The molecule has 1 heterocycles. The van der Waals surface area contributed by atoms with Crippen molar-refractivity contribution in [1.29, 1.82) is 0 Å². The fourth-order valence-electron chi connectivity index (χ4n) is 2.01. The number of rotatable bonds is 4. The molecule has 2 aromatic carbocycles. The van der Waals surface area contributed by atoms with Crippen LogP contribution < -0.4 is 10.5 Å². The molecule has 116 valence electrons. The minimum absolute atomic E-state index is 0.159. The first-order valence-electron chi connectivity index (χ1n) is 6.86. The van der Waals surface area contributed by atoms with Crippen molar-refractivity contribution in [1.82, 2.24) is 0 Å². The smallest absolute Gasteiger partial charge is 0.286 e. The number of hydrogen-bond donors (Lipinski definition) is 1. The third-order valence-electron chi connectivity index (χ3n) is 3.17. The lowest BCUT2D eigenvalue weighted by atomic mass is 10.2. The molecule has 1 amide bonds. The van der Waals surface area contributed by atoms with E-state index < -0.39 is 0 Å². The number of thioether (sulfide) groups is 1. The van der Waals surface area contributed by atoms with E-state index in [0.29, 0.717) is 16.2 Å². The quantitative estimate of drug-likeness (QED) is 0.874. The van der Waals surface area contributed by atoms with Gasteiger partial charge >= 0.3 is 0 Å². The summed E-state index contributed by atoms with van der Waals surface area (Å²) in [4.78, 5) is 15.7. The van der Waals surface area contributed by atoms with Crippen molar-refractivity contribution in [2.24, 2.45) is 10.7 Å². The Kier molecular flexibility index (Phi) is 4.43. The summed E-state index contributed by atoms with van der Waals surface area (Å²) >= 11 is 1.15. The fraction of sp³-hybridized carbons (Fsp3) is 0.0588. The van der Waals surface area contributed by atoms with Crippen LogP contribution in [0.15, 0.2) is 58.4 Å². The summed E-state index contributed by atoms with van der Waals surface area (Å²) in [5.74, 6) is 0.00663. The number of nitrogens with zero attached hydrogens (tertiary/aromatic N) is 1. The highest BCUT2D eigenvalue weighted by molar-refractivity contribution is 8.18. The molecule has 0 saturated carbocycles. The molecule has 4 nitrogen and oxygen atoms in total. The molecule has 0 saturated heterocycles.